The van der Waals surface area contributed by atoms with Crippen molar-refractivity contribution in [1.29, 1.82) is 0 Å². The molecule has 1 fully saturated rings. The Kier molecular flexibility index (Phi) is 5.42. The van der Waals surface area contributed by atoms with Gasteiger partial charge in [-0.1, -0.05) is 0 Å². The summed E-state index contributed by atoms with van der Waals surface area (Å²) in [5.41, 5.74) is 0. The molecule has 5 heteroatoms. The van der Waals surface area contributed by atoms with Crippen LogP contribution in [-0.4, -0.2) is 44.5 Å². The van der Waals surface area contributed by atoms with E-state index in [2.05, 4.69) is 10.6 Å². The molecule has 2 N–H and O–H groups in total. The van der Waals surface area contributed by atoms with Gasteiger partial charge in [0, 0.05) is 13.2 Å². The molecule has 5 nitrogen and oxygen atoms in total. The van der Waals surface area contributed by atoms with Crippen molar-refractivity contribution in [3.63, 3.8) is 0 Å². The summed E-state index contributed by atoms with van der Waals surface area (Å²) >= 11 is 0. The zero-order valence-corrected chi connectivity index (χ0v) is 9.41. The number of ether oxygens (including phenoxy) is 2. The summed E-state index contributed by atoms with van der Waals surface area (Å²) in [6.45, 7) is 6.38. The maximum Gasteiger partial charge on any atom is 0.315 e. The number of carbonyl (C=O) groups is 1. The number of hydrogen-bond acceptors (Lipinski definition) is 3. The molecule has 15 heavy (non-hydrogen) atoms. The highest BCUT2D eigenvalue weighted by Crippen LogP contribution is 2.02. The minimum atomic E-state index is -0.141. The van der Waals surface area contributed by atoms with Crippen molar-refractivity contribution < 1.29 is 14.3 Å². The van der Waals surface area contributed by atoms with E-state index in [9.17, 15) is 4.79 Å². The van der Waals surface area contributed by atoms with Gasteiger partial charge in [-0.2, -0.15) is 0 Å². The Morgan fingerprint density at radius 2 is 2.40 bits per heavy atom. The Bertz CT molecular complexity index is 191. The number of amides is 2. The lowest BCUT2D eigenvalue weighted by Crippen LogP contribution is -2.43. The summed E-state index contributed by atoms with van der Waals surface area (Å²) in [7, 11) is 0. The van der Waals surface area contributed by atoms with Crippen molar-refractivity contribution in [3.8, 4) is 0 Å². The van der Waals surface area contributed by atoms with Crippen LogP contribution < -0.4 is 10.6 Å². The molecule has 1 unspecified atom stereocenters. The van der Waals surface area contributed by atoms with Crippen LogP contribution in [-0.2, 0) is 9.47 Å². The molecule has 0 saturated carbocycles. The molecule has 0 bridgehead atoms. The van der Waals surface area contributed by atoms with Crippen molar-refractivity contribution in [2.45, 2.75) is 32.4 Å². The Hall–Kier alpha value is -0.810. The highest BCUT2D eigenvalue weighted by molar-refractivity contribution is 5.74. The second kappa shape index (κ2) is 6.63. The van der Waals surface area contributed by atoms with Gasteiger partial charge in [-0.05, 0) is 20.3 Å². The smallest absolute Gasteiger partial charge is 0.315 e. The van der Waals surface area contributed by atoms with Crippen LogP contribution in [0.3, 0.4) is 0 Å². The third-order valence-corrected chi connectivity index (χ3v) is 2.10. The van der Waals surface area contributed by atoms with Gasteiger partial charge in [0.2, 0.25) is 0 Å². The zero-order chi connectivity index (χ0) is 11.1. The Balaban J connectivity index is 1.98. The van der Waals surface area contributed by atoms with Gasteiger partial charge >= 0.3 is 6.03 Å². The summed E-state index contributed by atoms with van der Waals surface area (Å²) in [5.74, 6) is 0. The molecule has 0 radical (unpaired) electrons. The third kappa shape index (κ3) is 5.59. The lowest BCUT2D eigenvalue weighted by atomic mass is 10.3. The quantitative estimate of drug-likeness (QED) is 0.658. The monoisotopic (exact) mass is 216 g/mol. The second-order valence-electron chi connectivity index (χ2n) is 3.88. The van der Waals surface area contributed by atoms with Crippen LogP contribution in [0, 0.1) is 0 Å². The molecule has 0 aromatic heterocycles. The number of nitrogens with one attached hydrogen (secondary N) is 2. The van der Waals surface area contributed by atoms with Crippen molar-refractivity contribution in [2.75, 3.05) is 26.4 Å². The molecule has 1 aliphatic heterocycles. The van der Waals surface area contributed by atoms with Crippen molar-refractivity contribution in [3.05, 3.63) is 0 Å². The first-order valence-electron chi connectivity index (χ1n) is 5.42. The van der Waals surface area contributed by atoms with E-state index in [1.807, 2.05) is 13.8 Å². The van der Waals surface area contributed by atoms with E-state index in [1.165, 1.54) is 0 Å². The molecule has 0 aromatic rings. The average Bonchev–Trinajstić information content (AvgIpc) is 2.64. The van der Waals surface area contributed by atoms with Gasteiger partial charge in [0.1, 0.15) is 0 Å². The van der Waals surface area contributed by atoms with Crippen molar-refractivity contribution >= 4 is 6.03 Å². The van der Waals surface area contributed by atoms with Gasteiger partial charge in [0.15, 0.2) is 0 Å². The van der Waals surface area contributed by atoms with Crippen LogP contribution in [0.4, 0.5) is 4.79 Å². The summed E-state index contributed by atoms with van der Waals surface area (Å²) in [6.07, 6.45) is 1.11. The summed E-state index contributed by atoms with van der Waals surface area (Å²) in [5, 5.41) is 5.57. The Morgan fingerprint density at radius 3 is 3.00 bits per heavy atom. The molecule has 1 heterocycles. The van der Waals surface area contributed by atoms with Crippen LogP contribution >= 0.6 is 0 Å². The highest BCUT2D eigenvalue weighted by Gasteiger charge is 2.17. The van der Waals surface area contributed by atoms with E-state index in [4.69, 9.17) is 9.47 Å². The molecule has 2 amide bonds. The molecule has 1 rings (SSSR count). The lowest BCUT2D eigenvalue weighted by molar-refractivity contribution is 0.0817. The molecule has 1 atom stereocenters. The van der Waals surface area contributed by atoms with Crippen molar-refractivity contribution in [2.24, 2.45) is 0 Å². The first-order chi connectivity index (χ1) is 7.18. The fourth-order valence-corrected chi connectivity index (χ4v) is 1.34. The first kappa shape index (κ1) is 12.3. The van der Waals surface area contributed by atoms with E-state index in [1.54, 1.807) is 0 Å². The van der Waals surface area contributed by atoms with Crippen LogP contribution in [0.5, 0.6) is 0 Å². The predicted molar refractivity (Wildman–Crippen MR) is 56.8 cm³/mol. The van der Waals surface area contributed by atoms with Crippen LogP contribution in [0.2, 0.25) is 0 Å². The molecule has 88 valence electrons. The van der Waals surface area contributed by atoms with Crippen LogP contribution in [0.25, 0.3) is 0 Å². The number of urea groups is 1. The van der Waals surface area contributed by atoms with Crippen molar-refractivity contribution in [1.82, 2.24) is 10.6 Å². The van der Waals surface area contributed by atoms with Crippen LogP contribution in [0.1, 0.15) is 20.3 Å². The minimum Gasteiger partial charge on any atom is -0.379 e. The topological polar surface area (TPSA) is 59.6 Å². The van der Waals surface area contributed by atoms with Gasteiger partial charge in [-0.15, -0.1) is 0 Å². The lowest BCUT2D eigenvalue weighted by Gasteiger charge is -2.12. The Labute approximate surface area is 90.5 Å². The number of rotatable bonds is 5. The molecule has 0 aliphatic carbocycles. The molecule has 0 spiro atoms. The van der Waals surface area contributed by atoms with E-state index in [0.717, 1.165) is 13.0 Å². The summed E-state index contributed by atoms with van der Waals surface area (Å²) in [6, 6.07) is 0.0221. The second-order valence-corrected chi connectivity index (χ2v) is 3.88. The van der Waals surface area contributed by atoms with Gasteiger partial charge in [0.25, 0.3) is 0 Å². The first-order valence-corrected chi connectivity index (χ1v) is 5.42. The normalized spacial score (nSPS) is 20.6. The third-order valence-electron chi connectivity index (χ3n) is 2.10. The standard InChI is InChI=1S/C10H20N2O3/c1-8(2)15-6-4-11-10(13)12-9-3-5-14-7-9/h8-9H,3-7H2,1-2H3,(H2,11,12,13). The zero-order valence-electron chi connectivity index (χ0n) is 9.41. The van der Waals surface area contributed by atoms with E-state index in [-0.39, 0.29) is 18.2 Å². The fourth-order valence-electron chi connectivity index (χ4n) is 1.34. The maximum atomic E-state index is 11.3. The molecular formula is C10H20N2O3. The van der Waals surface area contributed by atoms with Gasteiger partial charge in [-0.25, -0.2) is 4.79 Å². The summed E-state index contributed by atoms with van der Waals surface area (Å²) in [4.78, 5) is 11.3. The highest BCUT2D eigenvalue weighted by atomic mass is 16.5. The summed E-state index contributed by atoms with van der Waals surface area (Å²) < 4.78 is 10.4. The molecule has 1 saturated heterocycles. The predicted octanol–water partition coefficient (Wildman–Crippen LogP) is 0.500. The Morgan fingerprint density at radius 1 is 1.60 bits per heavy atom. The molecule has 0 aromatic carbocycles. The van der Waals surface area contributed by atoms with Gasteiger partial charge < -0.3 is 20.1 Å². The van der Waals surface area contributed by atoms with E-state index in [0.29, 0.717) is 19.8 Å². The number of hydrogen-bond donors (Lipinski definition) is 2. The van der Waals surface area contributed by atoms with E-state index >= 15 is 0 Å². The largest absolute Gasteiger partial charge is 0.379 e. The molecular weight excluding hydrogens is 196 g/mol. The SMILES string of the molecule is CC(C)OCCNC(=O)NC1CCOC1. The molecule has 1 aliphatic rings. The van der Waals surface area contributed by atoms with E-state index < -0.39 is 0 Å². The minimum absolute atomic E-state index is 0.141. The van der Waals surface area contributed by atoms with Crippen LogP contribution in [0.15, 0.2) is 0 Å². The average molecular weight is 216 g/mol. The van der Waals surface area contributed by atoms with Gasteiger partial charge in [0.05, 0.1) is 25.4 Å². The fraction of sp³-hybridized carbons (Fsp3) is 0.900. The van der Waals surface area contributed by atoms with Gasteiger partial charge in [-0.3, -0.25) is 0 Å². The maximum absolute atomic E-state index is 11.3. The number of carbonyl (C=O) groups excluding carboxylic acids is 1.